The van der Waals surface area contributed by atoms with E-state index in [1.807, 2.05) is 81.9 Å². The van der Waals surface area contributed by atoms with E-state index >= 15 is 0 Å². The number of rotatable bonds is 10. The number of hydrogen-bond acceptors (Lipinski definition) is 7. The standard InChI is InChI=1S/C37H50N8O3/c1-10-23(2)33-43-42-32-18-15-25(21-45(32)33)48-30-17-16-28(26-13-11-12-14-27(26)30)41-35(47)39-24-19-29(40-31(20-24)36(3,4)5)34(46)38-22-37(6,7)44(8)9/h11-15,18-21,23,28,30H,10,16-17,22H2,1-9H3,(H,38,46)(H2,39,40,41,47)/t23?,28-,30+/m0/s1. The molecule has 4 aromatic rings. The zero-order valence-electron chi connectivity index (χ0n) is 29.7. The summed E-state index contributed by atoms with van der Waals surface area (Å²) in [5.41, 5.74) is 3.76. The Hall–Kier alpha value is -4.51. The zero-order valence-corrected chi connectivity index (χ0v) is 29.7. The van der Waals surface area contributed by atoms with Gasteiger partial charge in [-0.05, 0) is 82.6 Å². The van der Waals surface area contributed by atoms with Crippen LogP contribution in [-0.2, 0) is 5.41 Å². The summed E-state index contributed by atoms with van der Waals surface area (Å²) in [7, 11) is 3.96. The van der Waals surface area contributed by atoms with Gasteiger partial charge in [-0.15, -0.1) is 10.2 Å². The molecule has 0 bridgehead atoms. The number of hydrogen-bond donors (Lipinski definition) is 3. The summed E-state index contributed by atoms with van der Waals surface area (Å²) in [6, 6.07) is 14.9. The number of nitrogens with zero attached hydrogens (tertiary/aromatic N) is 5. The van der Waals surface area contributed by atoms with E-state index in [-0.39, 0.29) is 46.6 Å². The van der Waals surface area contributed by atoms with Gasteiger partial charge in [0.25, 0.3) is 5.91 Å². The van der Waals surface area contributed by atoms with E-state index < -0.39 is 0 Å². The maximum absolute atomic E-state index is 13.5. The zero-order chi connectivity index (χ0) is 34.8. The number of benzene rings is 1. The number of carbonyl (C=O) groups is 2. The fourth-order valence-corrected chi connectivity index (χ4v) is 5.64. The summed E-state index contributed by atoms with van der Waals surface area (Å²) in [6.07, 6.45) is 4.18. The first kappa shape index (κ1) is 34.8. The third-order valence-corrected chi connectivity index (χ3v) is 9.45. The molecule has 1 aliphatic carbocycles. The third-order valence-electron chi connectivity index (χ3n) is 9.45. The highest BCUT2D eigenvalue weighted by atomic mass is 16.5. The van der Waals surface area contributed by atoms with Crippen LogP contribution >= 0.6 is 0 Å². The van der Waals surface area contributed by atoms with Crippen LogP contribution in [0, 0.1) is 0 Å². The van der Waals surface area contributed by atoms with Crippen molar-refractivity contribution in [3.8, 4) is 5.75 Å². The second-order valence-electron chi connectivity index (χ2n) is 14.7. The van der Waals surface area contributed by atoms with Crippen molar-refractivity contribution in [1.29, 1.82) is 0 Å². The van der Waals surface area contributed by atoms with Crippen molar-refractivity contribution in [3.05, 3.63) is 83.1 Å². The lowest BCUT2D eigenvalue weighted by Gasteiger charge is -2.32. The first-order chi connectivity index (χ1) is 22.7. The highest BCUT2D eigenvalue weighted by molar-refractivity contribution is 5.95. The average Bonchev–Trinajstić information content (AvgIpc) is 3.47. The van der Waals surface area contributed by atoms with E-state index in [1.54, 1.807) is 6.07 Å². The minimum atomic E-state index is -0.351. The van der Waals surface area contributed by atoms with Gasteiger partial charge in [-0.25, -0.2) is 9.78 Å². The Labute approximate surface area is 283 Å². The largest absolute Gasteiger partial charge is 0.484 e. The van der Waals surface area contributed by atoms with Crippen molar-refractivity contribution in [3.63, 3.8) is 0 Å². The molecule has 1 aromatic carbocycles. The van der Waals surface area contributed by atoms with Gasteiger partial charge in [0.05, 0.1) is 12.2 Å². The molecule has 11 nitrogen and oxygen atoms in total. The molecule has 3 heterocycles. The lowest BCUT2D eigenvalue weighted by Crippen LogP contribution is -2.48. The maximum atomic E-state index is 13.5. The number of aromatic nitrogens is 4. The van der Waals surface area contributed by atoms with Gasteiger partial charge in [-0.3, -0.25) is 9.20 Å². The van der Waals surface area contributed by atoms with Crippen LogP contribution in [0.15, 0.2) is 54.7 Å². The first-order valence-electron chi connectivity index (χ1n) is 16.8. The van der Waals surface area contributed by atoms with Gasteiger partial charge in [0.15, 0.2) is 5.65 Å². The molecule has 5 rings (SSSR count). The monoisotopic (exact) mass is 654 g/mol. The number of ether oxygens (including phenoxy) is 1. The molecule has 3 amide bonds. The predicted molar refractivity (Wildman–Crippen MR) is 189 cm³/mol. The summed E-state index contributed by atoms with van der Waals surface area (Å²) in [5, 5.41) is 17.9. The fourth-order valence-electron chi connectivity index (χ4n) is 5.64. The molecule has 11 heteroatoms. The quantitative estimate of drug-likeness (QED) is 0.172. The topological polar surface area (TPSA) is 126 Å². The molecular weight excluding hydrogens is 604 g/mol. The number of nitrogens with one attached hydrogen (secondary N) is 3. The predicted octanol–water partition coefficient (Wildman–Crippen LogP) is 6.78. The lowest BCUT2D eigenvalue weighted by molar-refractivity contribution is 0.0914. The van der Waals surface area contributed by atoms with Crippen LogP contribution in [0.25, 0.3) is 5.65 Å². The van der Waals surface area contributed by atoms with Gasteiger partial charge < -0.3 is 25.6 Å². The van der Waals surface area contributed by atoms with E-state index in [4.69, 9.17) is 4.74 Å². The number of likely N-dealkylation sites (N-methyl/N-ethyl adjacent to an activating group) is 1. The van der Waals surface area contributed by atoms with E-state index in [2.05, 4.69) is 69.8 Å². The van der Waals surface area contributed by atoms with Crippen LogP contribution in [-0.4, -0.2) is 62.6 Å². The fraction of sp³-hybridized carbons (Fsp3) is 0.486. The summed E-state index contributed by atoms with van der Waals surface area (Å²) in [5.74, 6) is 1.65. The second kappa shape index (κ2) is 13.9. The number of anilines is 1. The summed E-state index contributed by atoms with van der Waals surface area (Å²) in [6.45, 7) is 14.9. The molecule has 256 valence electrons. The second-order valence-corrected chi connectivity index (χ2v) is 14.7. The van der Waals surface area contributed by atoms with E-state index in [1.165, 1.54) is 0 Å². The van der Waals surface area contributed by atoms with Crippen molar-refractivity contribution in [1.82, 2.24) is 35.1 Å². The molecule has 0 spiro atoms. The van der Waals surface area contributed by atoms with Gasteiger partial charge in [-0.1, -0.05) is 58.9 Å². The molecule has 1 aliphatic rings. The molecular formula is C37H50N8O3. The number of fused-ring (bicyclic) bond motifs is 2. The van der Waals surface area contributed by atoms with Crippen LogP contribution in [0.1, 0.15) is 119 Å². The Morgan fingerprint density at radius 2 is 1.75 bits per heavy atom. The van der Waals surface area contributed by atoms with Crippen molar-refractivity contribution in [2.45, 2.75) is 96.7 Å². The van der Waals surface area contributed by atoms with Crippen LogP contribution in [0.5, 0.6) is 5.75 Å². The number of carbonyl (C=O) groups excluding carboxylic acids is 2. The number of pyridine rings is 2. The van der Waals surface area contributed by atoms with Crippen molar-refractivity contribution in [2.24, 2.45) is 0 Å². The van der Waals surface area contributed by atoms with Gasteiger partial charge in [0, 0.05) is 34.8 Å². The molecule has 3 N–H and O–H groups in total. The van der Waals surface area contributed by atoms with Crippen LogP contribution in [0.4, 0.5) is 10.5 Å². The normalized spacial score (nSPS) is 17.1. The summed E-state index contributed by atoms with van der Waals surface area (Å²) in [4.78, 5) is 33.4. The van der Waals surface area contributed by atoms with Gasteiger partial charge >= 0.3 is 6.03 Å². The minimum Gasteiger partial charge on any atom is -0.484 e. The average molecular weight is 655 g/mol. The number of urea groups is 1. The third kappa shape index (κ3) is 7.78. The molecule has 0 radical (unpaired) electrons. The van der Waals surface area contributed by atoms with Crippen molar-refractivity contribution < 1.29 is 14.3 Å². The minimum absolute atomic E-state index is 0.170. The molecule has 1 unspecified atom stereocenters. The molecule has 3 atom stereocenters. The first-order valence-corrected chi connectivity index (χ1v) is 16.8. The highest BCUT2D eigenvalue weighted by Gasteiger charge is 2.30. The van der Waals surface area contributed by atoms with Crippen LogP contribution in [0.2, 0.25) is 0 Å². The van der Waals surface area contributed by atoms with Crippen LogP contribution in [0.3, 0.4) is 0 Å². The van der Waals surface area contributed by atoms with E-state index in [0.717, 1.165) is 41.2 Å². The Bertz CT molecular complexity index is 1770. The number of amides is 3. The van der Waals surface area contributed by atoms with Crippen molar-refractivity contribution in [2.75, 3.05) is 26.0 Å². The SMILES string of the molecule is CCC(C)c1nnc2ccc(O[C@@H]3CC[C@H](NC(=O)Nc4cc(C(=O)NCC(C)(C)N(C)C)nc(C(C)(C)C)c4)c4ccccc43)cn12. The van der Waals surface area contributed by atoms with Crippen molar-refractivity contribution >= 4 is 23.3 Å². The Morgan fingerprint density at radius 3 is 2.44 bits per heavy atom. The van der Waals surface area contributed by atoms with Gasteiger partial charge in [0.1, 0.15) is 23.4 Å². The molecule has 0 saturated carbocycles. The molecule has 0 fully saturated rings. The molecule has 0 aliphatic heterocycles. The Balaban J connectivity index is 1.31. The van der Waals surface area contributed by atoms with E-state index in [9.17, 15) is 9.59 Å². The highest BCUT2D eigenvalue weighted by Crippen LogP contribution is 2.39. The van der Waals surface area contributed by atoms with Gasteiger partial charge in [-0.2, -0.15) is 0 Å². The smallest absolute Gasteiger partial charge is 0.319 e. The maximum Gasteiger partial charge on any atom is 0.319 e. The molecule has 3 aromatic heterocycles. The summed E-state index contributed by atoms with van der Waals surface area (Å²) >= 11 is 0. The molecule has 48 heavy (non-hydrogen) atoms. The van der Waals surface area contributed by atoms with Gasteiger partial charge in [0.2, 0.25) is 0 Å². The van der Waals surface area contributed by atoms with E-state index in [0.29, 0.717) is 24.3 Å². The molecule has 0 saturated heterocycles. The lowest BCUT2D eigenvalue weighted by atomic mass is 9.85. The Kier molecular flexibility index (Phi) is 10.1. The Morgan fingerprint density at radius 1 is 1.02 bits per heavy atom. The summed E-state index contributed by atoms with van der Waals surface area (Å²) < 4.78 is 8.57. The van der Waals surface area contributed by atoms with Crippen LogP contribution < -0.4 is 20.7 Å².